The van der Waals surface area contributed by atoms with Crippen molar-refractivity contribution in [3.63, 3.8) is 0 Å². The van der Waals surface area contributed by atoms with Gasteiger partial charge in [0.2, 0.25) is 5.91 Å². The van der Waals surface area contributed by atoms with Crippen molar-refractivity contribution in [1.29, 1.82) is 0 Å². The third-order valence-corrected chi connectivity index (χ3v) is 3.89. The minimum Gasteiger partial charge on any atom is -0.339 e. The molecule has 1 amide bonds. The van der Waals surface area contributed by atoms with Crippen LogP contribution in [0.4, 0.5) is 0 Å². The third kappa shape index (κ3) is 4.34. The minimum atomic E-state index is -0.220. The zero-order valence-electron chi connectivity index (χ0n) is 13.0. The van der Waals surface area contributed by atoms with Crippen molar-refractivity contribution in [1.82, 2.24) is 4.90 Å². The van der Waals surface area contributed by atoms with Crippen LogP contribution in [-0.2, 0) is 4.79 Å². The molecular weight excluding hydrogens is 248 g/mol. The molecule has 0 saturated carbocycles. The molecule has 0 saturated heterocycles. The van der Waals surface area contributed by atoms with Gasteiger partial charge in [-0.25, -0.2) is 0 Å². The van der Waals surface area contributed by atoms with Crippen molar-refractivity contribution in [2.75, 3.05) is 13.1 Å². The summed E-state index contributed by atoms with van der Waals surface area (Å²) < 4.78 is 0. The largest absolute Gasteiger partial charge is 0.339 e. The highest BCUT2D eigenvalue weighted by Crippen LogP contribution is 2.20. The molecule has 0 spiro atoms. The van der Waals surface area contributed by atoms with Gasteiger partial charge < -0.3 is 10.6 Å². The number of carbonyl (C=O) groups excluding carboxylic acids is 1. The maximum Gasteiger partial charge on any atom is 0.231 e. The normalized spacial score (nSPS) is 13.8. The summed E-state index contributed by atoms with van der Waals surface area (Å²) in [5, 5.41) is 0. The van der Waals surface area contributed by atoms with E-state index in [0.717, 1.165) is 31.4 Å². The molecule has 1 rings (SSSR count). The second-order valence-electron chi connectivity index (χ2n) is 5.34. The summed E-state index contributed by atoms with van der Waals surface area (Å²) in [7, 11) is 0. The van der Waals surface area contributed by atoms with E-state index in [4.69, 9.17) is 5.73 Å². The lowest BCUT2D eigenvalue weighted by atomic mass is 9.96. The Labute approximate surface area is 123 Å². The molecule has 3 nitrogen and oxygen atoms in total. The van der Waals surface area contributed by atoms with Gasteiger partial charge in [-0.1, -0.05) is 50.6 Å². The van der Waals surface area contributed by atoms with Crippen LogP contribution in [0.25, 0.3) is 0 Å². The second-order valence-corrected chi connectivity index (χ2v) is 5.34. The van der Waals surface area contributed by atoms with Gasteiger partial charge in [0.25, 0.3) is 0 Å². The standard InChI is InChI=1S/C17H28N2O/c1-4-6-12-19(14(3)5-2)17(20)16(13-18)15-10-8-7-9-11-15/h7-11,14,16H,4-6,12-13,18H2,1-3H3. The van der Waals surface area contributed by atoms with Crippen LogP contribution in [0.5, 0.6) is 0 Å². The van der Waals surface area contributed by atoms with Crippen LogP contribution in [0, 0.1) is 0 Å². The average Bonchev–Trinajstić information content (AvgIpc) is 2.49. The Kier molecular flexibility index (Phi) is 7.31. The van der Waals surface area contributed by atoms with E-state index in [1.807, 2.05) is 35.2 Å². The van der Waals surface area contributed by atoms with Gasteiger partial charge >= 0.3 is 0 Å². The predicted octanol–water partition coefficient (Wildman–Crippen LogP) is 3.16. The highest BCUT2D eigenvalue weighted by Gasteiger charge is 2.26. The number of nitrogens with two attached hydrogens (primary N) is 1. The molecule has 0 heterocycles. The van der Waals surface area contributed by atoms with Gasteiger partial charge in [-0.05, 0) is 25.3 Å². The molecule has 3 heteroatoms. The summed E-state index contributed by atoms with van der Waals surface area (Å²) in [6, 6.07) is 10.1. The number of hydrogen-bond acceptors (Lipinski definition) is 2. The average molecular weight is 276 g/mol. The zero-order chi connectivity index (χ0) is 15.0. The highest BCUT2D eigenvalue weighted by atomic mass is 16.2. The molecular formula is C17H28N2O. The van der Waals surface area contributed by atoms with Crippen molar-refractivity contribution in [3.05, 3.63) is 35.9 Å². The van der Waals surface area contributed by atoms with Crippen molar-refractivity contribution < 1.29 is 4.79 Å². The van der Waals surface area contributed by atoms with Crippen LogP contribution in [0.1, 0.15) is 51.5 Å². The van der Waals surface area contributed by atoms with E-state index >= 15 is 0 Å². The molecule has 2 atom stereocenters. The fraction of sp³-hybridized carbons (Fsp3) is 0.588. The van der Waals surface area contributed by atoms with E-state index in [1.165, 1.54) is 0 Å². The molecule has 0 aliphatic heterocycles. The van der Waals surface area contributed by atoms with E-state index in [-0.39, 0.29) is 17.9 Å². The van der Waals surface area contributed by atoms with Crippen molar-refractivity contribution in [3.8, 4) is 0 Å². The van der Waals surface area contributed by atoms with Gasteiger partial charge in [-0.3, -0.25) is 4.79 Å². The maximum absolute atomic E-state index is 12.8. The first-order valence-corrected chi connectivity index (χ1v) is 7.71. The van der Waals surface area contributed by atoms with Crippen molar-refractivity contribution in [2.45, 2.75) is 52.0 Å². The molecule has 112 valence electrons. The van der Waals surface area contributed by atoms with E-state index in [9.17, 15) is 4.79 Å². The monoisotopic (exact) mass is 276 g/mol. The molecule has 2 unspecified atom stereocenters. The molecule has 1 aromatic rings. The van der Waals surface area contributed by atoms with Gasteiger partial charge in [0, 0.05) is 19.1 Å². The number of rotatable bonds is 8. The number of amides is 1. The van der Waals surface area contributed by atoms with Crippen LogP contribution in [0.15, 0.2) is 30.3 Å². The molecule has 0 radical (unpaired) electrons. The molecule has 0 aliphatic carbocycles. The molecule has 20 heavy (non-hydrogen) atoms. The number of benzene rings is 1. The first kappa shape index (κ1) is 16.7. The van der Waals surface area contributed by atoms with Crippen LogP contribution in [0.3, 0.4) is 0 Å². The Morgan fingerprint density at radius 2 is 1.90 bits per heavy atom. The summed E-state index contributed by atoms with van der Waals surface area (Å²) in [6.07, 6.45) is 3.11. The fourth-order valence-corrected chi connectivity index (χ4v) is 2.36. The number of unbranched alkanes of at least 4 members (excludes halogenated alkanes) is 1. The van der Waals surface area contributed by atoms with E-state index in [1.54, 1.807) is 0 Å². The molecule has 0 fully saturated rings. The summed E-state index contributed by atoms with van der Waals surface area (Å²) >= 11 is 0. The Bertz CT molecular complexity index is 391. The van der Waals surface area contributed by atoms with Crippen LogP contribution in [0.2, 0.25) is 0 Å². The number of hydrogen-bond donors (Lipinski definition) is 1. The summed E-state index contributed by atoms with van der Waals surface area (Å²) in [6.45, 7) is 7.58. The minimum absolute atomic E-state index is 0.168. The maximum atomic E-state index is 12.8. The molecule has 0 aliphatic rings. The molecule has 0 bridgehead atoms. The fourth-order valence-electron chi connectivity index (χ4n) is 2.36. The number of carbonyl (C=O) groups is 1. The third-order valence-electron chi connectivity index (χ3n) is 3.89. The first-order valence-electron chi connectivity index (χ1n) is 7.71. The van der Waals surface area contributed by atoms with Gasteiger partial charge in [0.15, 0.2) is 0 Å². The predicted molar refractivity (Wildman–Crippen MR) is 84.6 cm³/mol. The second kappa shape index (κ2) is 8.75. The first-order chi connectivity index (χ1) is 9.65. The van der Waals surface area contributed by atoms with Crippen LogP contribution < -0.4 is 5.73 Å². The molecule has 1 aromatic carbocycles. The van der Waals surface area contributed by atoms with Gasteiger partial charge in [0.1, 0.15) is 0 Å². The smallest absolute Gasteiger partial charge is 0.231 e. The van der Waals surface area contributed by atoms with Crippen molar-refractivity contribution >= 4 is 5.91 Å². The van der Waals surface area contributed by atoms with Crippen LogP contribution in [-0.4, -0.2) is 29.9 Å². The molecule has 0 aromatic heterocycles. The van der Waals surface area contributed by atoms with E-state index in [2.05, 4.69) is 20.8 Å². The lowest BCUT2D eigenvalue weighted by Gasteiger charge is -2.32. The topological polar surface area (TPSA) is 46.3 Å². The van der Waals surface area contributed by atoms with Gasteiger partial charge in [-0.2, -0.15) is 0 Å². The Morgan fingerprint density at radius 1 is 1.25 bits per heavy atom. The molecule has 2 N–H and O–H groups in total. The van der Waals surface area contributed by atoms with Gasteiger partial charge in [-0.15, -0.1) is 0 Å². The van der Waals surface area contributed by atoms with Crippen LogP contribution >= 0.6 is 0 Å². The lowest BCUT2D eigenvalue weighted by Crippen LogP contribution is -2.43. The quantitative estimate of drug-likeness (QED) is 0.793. The van der Waals surface area contributed by atoms with E-state index in [0.29, 0.717) is 6.54 Å². The Morgan fingerprint density at radius 3 is 2.40 bits per heavy atom. The highest BCUT2D eigenvalue weighted by molar-refractivity contribution is 5.84. The van der Waals surface area contributed by atoms with Crippen molar-refractivity contribution in [2.24, 2.45) is 5.73 Å². The zero-order valence-corrected chi connectivity index (χ0v) is 13.0. The Balaban J connectivity index is 2.90. The van der Waals surface area contributed by atoms with Gasteiger partial charge in [0.05, 0.1) is 5.92 Å². The number of nitrogens with zero attached hydrogens (tertiary/aromatic N) is 1. The summed E-state index contributed by atoms with van der Waals surface area (Å²) in [5.74, 6) is -0.0523. The summed E-state index contributed by atoms with van der Waals surface area (Å²) in [4.78, 5) is 14.8. The lowest BCUT2D eigenvalue weighted by molar-refractivity contribution is -0.134. The SMILES string of the molecule is CCCCN(C(=O)C(CN)c1ccccc1)C(C)CC. The summed E-state index contributed by atoms with van der Waals surface area (Å²) in [5.41, 5.74) is 6.88. The van der Waals surface area contributed by atoms with E-state index < -0.39 is 0 Å². The Hall–Kier alpha value is -1.35.